The number of benzene rings is 4. The van der Waals surface area contributed by atoms with Crippen molar-refractivity contribution in [3.8, 4) is 16.9 Å². The number of allylic oxidation sites excluding steroid dienone is 4. The molecule has 7 saturated carbocycles. The smallest absolute Gasteiger partial charge is 0.410 e. The van der Waals surface area contributed by atoms with Crippen LogP contribution in [0.2, 0.25) is 0 Å². The van der Waals surface area contributed by atoms with Gasteiger partial charge < -0.3 is 19.8 Å². The number of carbonyl (C=O) groups excluding carboxylic acids is 2. The molecule has 6 bridgehead atoms. The lowest BCUT2D eigenvalue weighted by atomic mass is 9.32. The van der Waals surface area contributed by atoms with Crippen molar-refractivity contribution in [3.63, 3.8) is 0 Å². The van der Waals surface area contributed by atoms with E-state index >= 15 is 4.79 Å². The fourth-order valence-corrected chi connectivity index (χ4v) is 17.1. The first-order chi connectivity index (χ1) is 30.3. The zero-order chi connectivity index (χ0) is 43.0. The van der Waals surface area contributed by atoms with Gasteiger partial charge >= 0.3 is 6.09 Å². The average molecular weight is 842 g/mol. The Labute approximate surface area is 372 Å². The van der Waals surface area contributed by atoms with Crippen LogP contribution in [0.1, 0.15) is 108 Å². The summed E-state index contributed by atoms with van der Waals surface area (Å²) in [6.45, 7) is 5.57. The van der Waals surface area contributed by atoms with Crippen LogP contribution in [0.5, 0.6) is 5.75 Å². The highest BCUT2D eigenvalue weighted by atomic mass is 16.6. The molecule has 4 aromatic carbocycles. The molecule has 10 aliphatic rings. The number of hydrogen-bond acceptors (Lipinski definition) is 5. The van der Waals surface area contributed by atoms with Gasteiger partial charge in [-0.25, -0.2) is 4.79 Å². The Morgan fingerprint density at radius 3 is 2.11 bits per heavy atom. The van der Waals surface area contributed by atoms with Crippen molar-refractivity contribution >= 4 is 22.6 Å². The third-order valence-electron chi connectivity index (χ3n) is 19.5. The Morgan fingerprint density at radius 1 is 0.698 bits per heavy atom. The molecule has 326 valence electrons. The van der Waals surface area contributed by atoms with Gasteiger partial charge in [0.15, 0.2) is 5.78 Å². The maximum Gasteiger partial charge on any atom is 0.415 e. The van der Waals surface area contributed by atoms with Gasteiger partial charge in [0, 0.05) is 33.9 Å². The number of rotatable bonds is 8. The van der Waals surface area contributed by atoms with Gasteiger partial charge in [0.1, 0.15) is 5.75 Å². The van der Waals surface area contributed by atoms with E-state index in [1.54, 1.807) is 0 Å². The topological polar surface area (TPSA) is 87.1 Å². The summed E-state index contributed by atoms with van der Waals surface area (Å²) in [5.74, 6) is 2.94. The van der Waals surface area contributed by atoms with Gasteiger partial charge in [0.2, 0.25) is 0 Å². The van der Waals surface area contributed by atoms with Crippen molar-refractivity contribution in [2.24, 2.45) is 56.7 Å². The Morgan fingerprint density at radius 2 is 1.35 bits per heavy atom. The van der Waals surface area contributed by atoms with Crippen LogP contribution in [0.4, 0.5) is 4.79 Å². The highest BCUT2D eigenvalue weighted by molar-refractivity contribution is 6.14. The van der Waals surface area contributed by atoms with Gasteiger partial charge in [-0.3, -0.25) is 4.79 Å². The number of fused-ring (bicyclic) bond motifs is 2. The summed E-state index contributed by atoms with van der Waals surface area (Å²) in [4.78, 5) is 32.6. The van der Waals surface area contributed by atoms with E-state index in [1.807, 2.05) is 71.6 Å². The molecule has 0 aliphatic heterocycles. The second kappa shape index (κ2) is 14.0. The summed E-state index contributed by atoms with van der Waals surface area (Å²) >= 11 is 0. The van der Waals surface area contributed by atoms with E-state index in [0.29, 0.717) is 30.7 Å². The minimum atomic E-state index is -1.19. The van der Waals surface area contributed by atoms with Gasteiger partial charge in [0.05, 0.1) is 18.2 Å². The van der Waals surface area contributed by atoms with Crippen LogP contribution in [-0.4, -0.2) is 51.8 Å². The van der Waals surface area contributed by atoms with Crippen LogP contribution < -0.4 is 4.74 Å². The van der Waals surface area contributed by atoms with Gasteiger partial charge in [-0.2, -0.15) is 0 Å². The van der Waals surface area contributed by atoms with Crippen molar-refractivity contribution in [2.45, 2.75) is 109 Å². The molecule has 2 spiro atoms. The minimum Gasteiger partial charge on any atom is -0.410 e. The monoisotopic (exact) mass is 841 g/mol. The Kier molecular flexibility index (Phi) is 8.89. The highest BCUT2D eigenvalue weighted by Crippen LogP contribution is 2.78. The maximum atomic E-state index is 15.7. The summed E-state index contributed by atoms with van der Waals surface area (Å²) in [5, 5.41) is 27.1. The van der Waals surface area contributed by atoms with Crippen molar-refractivity contribution in [1.29, 1.82) is 0 Å². The number of ether oxygens (including phenoxy) is 1. The van der Waals surface area contributed by atoms with E-state index in [9.17, 15) is 15.0 Å². The molecule has 8 atom stereocenters. The predicted octanol–water partition coefficient (Wildman–Crippen LogP) is 12.0. The summed E-state index contributed by atoms with van der Waals surface area (Å²) in [6.07, 6.45) is 19.0. The van der Waals surface area contributed by atoms with E-state index in [4.69, 9.17) is 4.74 Å². The van der Waals surface area contributed by atoms with E-state index < -0.39 is 27.9 Å². The van der Waals surface area contributed by atoms with Gasteiger partial charge in [-0.1, -0.05) is 117 Å². The Hall–Kier alpha value is -4.52. The fourth-order valence-electron chi connectivity index (χ4n) is 17.1. The second-order valence-corrected chi connectivity index (χ2v) is 22.7. The van der Waals surface area contributed by atoms with Crippen molar-refractivity contribution in [1.82, 2.24) is 4.90 Å². The lowest BCUT2D eigenvalue weighted by Gasteiger charge is -2.71. The minimum absolute atomic E-state index is 0.0241. The first-order valence-electron chi connectivity index (χ1n) is 24.3. The quantitative estimate of drug-likeness (QED) is 0.136. The third-order valence-corrected chi connectivity index (χ3v) is 19.5. The van der Waals surface area contributed by atoms with Crippen LogP contribution in [-0.2, 0) is 0 Å². The number of aliphatic hydroxyl groups excluding tert-OH is 1. The number of aliphatic hydroxyl groups is 2. The molecule has 0 saturated heterocycles. The molecule has 0 heterocycles. The molecule has 4 aromatic rings. The molecular formula is C57H63NO5. The molecule has 1 unspecified atom stereocenters. The molecule has 10 aliphatic carbocycles. The molecule has 0 aromatic heterocycles. The number of hydrogen-bond donors (Lipinski definition) is 2. The summed E-state index contributed by atoms with van der Waals surface area (Å²) in [7, 11) is 0. The van der Waals surface area contributed by atoms with Crippen molar-refractivity contribution < 1.29 is 24.5 Å². The number of amides is 1. The maximum absolute atomic E-state index is 15.7. The fraction of sp³-hybridized carbons (Fsp3) is 0.509. The zero-order valence-corrected chi connectivity index (χ0v) is 37.1. The largest absolute Gasteiger partial charge is 0.415 e. The molecule has 1 amide bonds. The third kappa shape index (κ3) is 5.81. The molecule has 63 heavy (non-hydrogen) atoms. The molecule has 2 N–H and O–H groups in total. The van der Waals surface area contributed by atoms with Crippen LogP contribution in [0.25, 0.3) is 21.9 Å². The van der Waals surface area contributed by atoms with Crippen molar-refractivity contribution in [3.05, 3.63) is 126 Å². The Bertz CT molecular complexity index is 2540. The molecule has 14 rings (SSSR count). The molecule has 7 fully saturated rings. The van der Waals surface area contributed by atoms with E-state index in [0.717, 1.165) is 96.6 Å². The number of ketones is 1. The summed E-state index contributed by atoms with van der Waals surface area (Å²) in [5.41, 5.74) is 0.610. The second-order valence-electron chi connectivity index (χ2n) is 22.7. The highest BCUT2D eigenvalue weighted by Gasteiger charge is 2.75. The van der Waals surface area contributed by atoms with Crippen molar-refractivity contribution in [2.75, 3.05) is 13.1 Å². The van der Waals surface area contributed by atoms with E-state index in [1.165, 1.54) is 19.3 Å². The lowest BCUT2D eigenvalue weighted by molar-refractivity contribution is -0.176. The van der Waals surface area contributed by atoms with Gasteiger partial charge in [-0.15, -0.1) is 0 Å². The van der Waals surface area contributed by atoms with Gasteiger partial charge in [-0.05, 0) is 158 Å². The lowest BCUT2D eigenvalue weighted by Crippen LogP contribution is -2.67. The van der Waals surface area contributed by atoms with Gasteiger partial charge in [0.25, 0.3) is 0 Å². The molecule has 6 nitrogen and oxygen atoms in total. The molecule has 6 heteroatoms. The SMILES string of the molecule is C[C@]12CC[C@H]3[C@]4(C=C[C@@]5(C=C4C(=O)c4ccccc4-c4ccccc4)CC(O)CC[C@]35C)[C@@H]1CC[C@@]2(O)CN(CC12CC3CC(CC(C3)C1)C2)C(=O)Oc1ccc2ccccc2c1. The van der Waals surface area contributed by atoms with Crippen LogP contribution >= 0.6 is 0 Å². The first kappa shape index (κ1) is 40.0. The number of carbonyl (C=O) groups is 2. The average Bonchev–Trinajstić information content (AvgIpc) is 3.55. The normalized spacial score (nSPS) is 40.2. The van der Waals surface area contributed by atoms with Crippen LogP contribution in [0, 0.1) is 56.7 Å². The Balaban J connectivity index is 0.933. The summed E-state index contributed by atoms with van der Waals surface area (Å²) < 4.78 is 6.37. The van der Waals surface area contributed by atoms with E-state index in [2.05, 4.69) is 62.4 Å². The molecule has 0 radical (unpaired) electrons. The molecular weight excluding hydrogens is 779 g/mol. The predicted molar refractivity (Wildman–Crippen MR) is 247 cm³/mol. The summed E-state index contributed by atoms with van der Waals surface area (Å²) in [6, 6.07) is 32.3. The zero-order valence-electron chi connectivity index (χ0n) is 37.1. The standard InChI is InChI=1S/C57H63NO5/c1-52-21-18-43(59)33-55(52)24-25-57(47(34-55)50(60)46-15-9-8-14-45(46)41-11-4-3-5-12-41)48(52)19-22-53(2)49(57)20-23-56(53,62)36-58(35-54-30-37-26-38(31-54)28-39(27-37)32-54)51(61)63-44-17-16-40-10-6-7-13-42(40)29-44/h3-17,24-25,29,34,37-39,43,48-49,59,62H,18-23,26-28,30-33,35-36H2,1-2H3/t37?,38?,39?,43?,48-,49-,52-,53+,54?,55+,56-,57-/m1/s1. The first-order valence-corrected chi connectivity index (χ1v) is 24.3. The van der Waals surface area contributed by atoms with E-state index in [-0.39, 0.29) is 41.1 Å². The number of nitrogens with zero attached hydrogens (tertiary/aromatic N) is 1. The van der Waals surface area contributed by atoms with Crippen LogP contribution in [0.3, 0.4) is 0 Å². The number of Topliss-reactive ketones (excluding diaryl/α,β-unsaturated/α-hetero) is 1. The van der Waals surface area contributed by atoms with Crippen LogP contribution in [0.15, 0.2) is 121 Å².